The van der Waals surface area contributed by atoms with Crippen LogP contribution in [0.4, 0.5) is 0 Å². The standard InChI is InChI=1S/C31H25B/c1-22-18-25-14-8-15-26-20-32(21-27(19-22)30(25)26)31-28(23-10-4-2-5-11-23)16-9-17-29(31)24-12-6-3-7-13-24/h2-19H,20-21H2,1H3/i2D,3D,4D,5D,6D,7D,8D,9D,10D,11D,12D,13D,14D,15D,16D,17D,18D,19D,20D2,21D2. The van der Waals surface area contributed by atoms with Gasteiger partial charge in [-0.2, -0.15) is 0 Å². The van der Waals surface area contributed by atoms with Gasteiger partial charge in [0, 0.05) is 5.48 Å². The summed E-state index contributed by atoms with van der Waals surface area (Å²) in [5.74, 6) is 0. The van der Waals surface area contributed by atoms with E-state index in [4.69, 9.17) is 24.7 Å². The zero-order valence-electron chi connectivity index (χ0n) is 38.6. The summed E-state index contributed by atoms with van der Waals surface area (Å²) in [5.41, 5.74) is -6.20. The third kappa shape index (κ3) is 3.26. The lowest BCUT2D eigenvalue weighted by molar-refractivity contribution is 1.24. The van der Waals surface area contributed by atoms with E-state index in [9.17, 15) is 5.48 Å². The molecule has 1 heteroatoms. The summed E-state index contributed by atoms with van der Waals surface area (Å²) in [6.45, 7) is -1.34. The van der Waals surface area contributed by atoms with Gasteiger partial charge in [0.25, 0.3) is 0 Å². The first-order valence-corrected chi connectivity index (χ1v) is 9.62. The molecule has 1 aliphatic rings. The van der Waals surface area contributed by atoms with E-state index >= 15 is 0 Å². The molecule has 1 heterocycles. The molecule has 6 rings (SSSR count). The smallest absolute Gasteiger partial charge is 0.0640 e. The highest BCUT2D eigenvalue weighted by molar-refractivity contribution is 6.75. The van der Waals surface area contributed by atoms with Crippen molar-refractivity contribution in [3.05, 3.63) is 125 Å². The number of hydrogen-bond donors (Lipinski definition) is 0. The van der Waals surface area contributed by atoms with Crippen LogP contribution in [0.1, 0.15) is 46.8 Å². The summed E-state index contributed by atoms with van der Waals surface area (Å²) in [7, 11) is 0. The van der Waals surface area contributed by atoms with Crippen LogP contribution < -0.4 is 5.46 Å². The molecule has 0 saturated carbocycles. The molecule has 0 aliphatic carbocycles. The van der Waals surface area contributed by atoms with Crippen molar-refractivity contribution in [2.75, 3.05) is 0 Å². The van der Waals surface area contributed by atoms with Crippen LogP contribution in [0.15, 0.2) is 109 Å². The van der Waals surface area contributed by atoms with Crippen LogP contribution in [0.3, 0.4) is 0 Å². The van der Waals surface area contributed by atoms with Gasteiger partial charge >= 0.3 is 0 Å². The Morgan fingerprint density at radius 1 is 0.656 bits per heavy atom. The number of hydrogen-bond acceptors (Lipinski definition) is 0. The first kappa shape index (κ1) is 6.96. The molecule has 152 valence electrons. The highest BCUT2D eigenvalue weighted by Crippen LogP contribution is 2.33. The molecule has 0 aromatic heterocycles. The molecule has 5 aromatic carbocycles. The van der Waals surface area contributed by atoms with Gasteiger partial charge in [-0.25, -0.2) is 0 Å². The van der Waals surface area contributed by atoms with Gasteiger partial charge < -0.3 is 0 Å². The zero-order valence-corrected chi connectivity index (χ0v) is 16.6. The van der Waals surface area contributed by atoms with Crippen LogP contribution in [-0.2, 0) is 12.5 Å². The molecule has 32 heavy (non-hydrogen) atoms. The van der Waals surface area contributed by atoms with Crippen LogP contribution >= 0.6 is 0 Å². The molecule has 1 aliphatic heterocycles. The second-order valence-corrected chi connectivity index (χ2v) is 7.01. The molecule has 0 saturated heterocycles. The predicted octanol–water partition coefficient (Wildman–Crippen LogP) is 7.06. The summed E-state index contributed by atoms with van der Waals surface area (Å²) >= 11 is 0. The Bertz CT molecular complexity index is 2340. The van der Waals surface area contributed by atoms with Gasteiger partial charge in [-0.3, -0.25) is 0 Å². The first-order valence-electron chi connectivity index (χ1n) is 20.6. The molecule has 0 unspecified atom stereocenters. The third-order valence-electron chi connectivity index (χ3n) is 5.03. The van der Waals surface area contributed by atoms with Gasteiger partial charge in [-0.05, 0) is 63.6 Å². The van der Waals surface area contributed by atoms with Gasteiger partial charge in [0.15, 0.2) is 6.71 Å². The average Bonchev–Trinajstić information content (AvgIpc) is 3.10. The average molecular weight is 430 g/mol. The molecule has 0 bridgehead atoms. The van der Waals surface area contributed by atoms with E-state index in [0.29, 0.717) is 0 Å². The van der Waals surface area contributed by atoms with E-state index in [1.54, 1.807) is 0 Å². The molecule has 0 atom stereocenters. The van der Waals surface area contributed by atoms with Gasteiger partial charge in [0.05, 0.1) is 24.7 Å². The fourth-order valence-corrected chi connectivity index (χ4v) is 3.75. The lowest BCUT2D eigenvalue weighted by atomic mass is 9.35. The van der Waals surface area contributed by atoms with Crippen molar-refractivity contribution >= 4 is 22.9 Å². The van der Waals surface area contributed by atoms with E-state index in [0.717, 1.165) is 0 Å². The molecule has 5 aromatic rings. The SMILES string of the molecule is [2H]c1c([2H])c([2H])c(-c2c([2H])c([2H])c([2H])c(-c3c([2H])c([2H])c([2H])c([2H])c3[2H])c2B2C([2H])([2H])c3c([2H])c([2H])c([2H])c4c([2H])c(C)c([2H])c(c34)C2([2H])[2H])c([2H])c1[2H]. The minimum Gasteiger partial charge on any atom is -0.0640 e. The van der Waals surface area contributed by atoms with E-state index in [2.05, 4.69) is 0 Å². The Balaban J connectivity index is 2.01. The van der Waals surface area contributed by atoms with E-state index in [-0.39, 0.29) is 5.56 Å². The van der Waals surface area contributed by atoms with Crippen molar-refractivity contribution in [3.63, 3.8) is 0 Å². The van der Waals surface area contributed by atoms with Crippen LogP contribution in [0.5, 0.6) is 0 Å². The van der Waals surface area contributed by atoms with Gasteiger partial charge in [-0.1, -0.05) is 120 Å². The molecule has 0 nitrogen and oxygen atoms in total. The van der Waals surface area contributed by atoms with Crippen molar-refractivity contribution in [1.82, 2.24) is 0 Å². The highest BCUT2D eigenvalue weighted by atomic mass is 14.2. The third-order valence-corrected chi connectivity index (χ3v) is 5.03. The van der Waals surface area contributed by atoms with Gasteiger partial charge in [0.1, 0.15) is 0 Å². The largest absolute Gasteiger partial charge is 0.186 e. The van der Waals surface area contributed by atoms with Crippen molar-refractivity contribution in [1.29, 1.82) is 0 Å². The second kappa shape index (κ2) is 7.84. The summed E-state index contributed by atoms with van der Waals surface area (Å²) in [6.07, 6.45) is -6.64. The lowest BCUT2D eigenvalue weighted by Crippen LogP contribution is -2.40. The van der Waals surface area contributed by atoms with Crippen LogP contribution in [0.25, 0.3) is 33.0 Å². The summed E-state index contributed by atoms with van der Waals surface area (Å²) < 4.78 is 194. The monoisotopic (exact) mass is 430 g/mol. The van der Waals surface area contributed by atoms with E-state index in [1.807, 2.05) is 0 Å². The predicted molar refractivity (Wildman–Crippen MR) is 139 cm³/mol. The minimum absolute atomic E-state index is 0.209. The molecule has 0 radical (unpaired) electrons. The van der Waals surface area contributed by atoms with E-state index in [1.165, 1.54) is 6.92 Å². The molecular formula is C31H25B. The first-order chi connectivity index (χ1) is 24.8. The van der Waals surface area contributed by atoms with Crippen molar-refractivity contribution in [2.24, 2.45) is 0 Å². The molecular weight excluding hydrogens is 383 g/mol. The number of benzene rings is 5. The Morgan fingerprint density at radius 3 is 1.91 bits per heavy atom. The topological polar surface area (TPSA) is 0 Å². The maximum atomic E-state index is 9.67. The molecule has 0 spiro atoms. The normalized spacial score (nSPS) is 25.7. The van der Waals surface area contributed by atoms with Crippen molar-refractivity contribution in [2.45, 2.75) is 19.5 Å². The Hall–Kier alpha value is -3.58. The maximum Gasteiger partial charge on any atom is 0.186 e. The minimum atomic E-state index is -3.35. The van der Waals surface area contributed by atoms with Crippen LogP contribution in [0.2, 0.25) is 0 Å². The van der Waals surface area contributed by atoms with Gasteiger partial charge in [0.2, 0.25) is 0 Å². The summed E-state index contributed by atoms with van der Waals surface area (Å²) in [5, 5.41) is -0.975. The Kier molecular flexibility index (Phi) is 1.70. The summed E-state index contributed by atoms with van der Waals surface area (Å²) in [6, 6.07) is -16.7. The van der Waals surface area contributed by atoms with Gasteiger partial charge in [-0.15, -0.1) is 0 Å². The number of rotatable bonds is 3. The highest BCUT2D eigenvalue weighted by Gasteiger charge is 2.29. The summed E-state index contributed by atoms with van der Waals surface area (Å²) in [4.78, 5) is 0. The molecule has 0 fully saturated rings. The van der Waals surface area contributed by atoms with Crippen molar-refractivity contribution < 1.29 is 30.2 Å². The fourth-order valence-electron chi connectivity index (χ4n) is 3.75. The Labute approximate surface area is 221 Å². The zero-order chi connectivity index (χ0) is 40.7. The van der Waals surface area contributed by atoms with Crippen LogP contribution in [-0.4, -0.2) is 6.71 Å². The van der Waals surface area contributed by atoms with E-state index < -0.39 is 178 Å². The fraction of sp³-hybridized carbons (Fsp3) is 0.0968. The quantitative estimate of drug-likeness (QED) is 0.269. The lowest BCUT2D eigenvalue weighted by Gasteiger charge is -2.28. The molecule has 0 amide bonds. The molecule has 0 N–H and O–H groups in total. The van der Waals surface area contributed by atoms with Crippen LogP contribution in [0, 0.1) is 6.92 Å². The maximum absolute atomic E-state index is 9.67. The van der Waals surface area contributed by atoms with Crippen molar-refractivity contribution in [3.8, 4) is 22.3 Å². The second-order valence-electron chi connectivity index (χ2n) is 7.01. The Morgan fingerprint density at radius 2 is 1.25 bits per heavy atom.